The van der Waals surface area contributed by atoms with Crippen molar-refractivity contribution in [3.8, 4) is 0 Å². The normalized spacial score (nSPS) is 19.2. The van der Waals surface area contributed by atoms with Crippen LogP contribution in [0.1, 0.15) is 41.7 Å². The number of carbonyl (C=O) groups is 1. The van der Waals surface area contributed by atoms with Crippen molar-refractivity contribution in [1.29, 1.82) is 0 Å². The molecule has 1 heterocycles. The Balaban J connectivity index is 0.00000300. The summed E-state index contributed by atoms with van der Waals surface area (Å²) in [6, 6.07) is 3.44. The first-order valence-corrected chi connectivity index (χ1v) is 8.65. The van der Waals surface area contributed by atoms with Crippen molar-refractivity contribution in [2.75, 3.05) is 5.32 Å². The summed E-state index contributed by atoms with van der Waals surface area (Å²) in [5.41, 5.74) is -0.992. The number of nitrogens with one attached hydrogen (secondary N) is 2. The summed E-state index contributed by atoms with van der Waals surface area (Å²) in [7, 11) is 0. The zero-order valence-electron chi connectivity index (χ0n) is 15.0. The van der Waals surface area contributed by atoms with E-state index in [1.165, 1.54) is 6.07 Å². The number of alkyl halides is 3. The highest BCUT2D eigenvalue weighted by Crippen LogP contribution is 2.28. The van der Waals surface area contributed by atoms with Crippen LogP contribution in [0.4, 0.5) is 27.9 Å². The molecule has 0 radical (unpaired) electrons. The molecular weight excluding hydrogens is 419 g/mol. The second kappa shape index (κ2) is 9.34. The van der Waals surface area contributed by atoms with Gasteiger partial charge in [-0.3, -0.25) is 4.79 Å². The van der Waals surface area contributed by atoms with Gasteiger partial charge in [-0.1, -0.05) is 0 Å². The van der Waals surface area contributed by atoms with Crippen LogP contribution in [0.15, 0.2) is 30.5 Å². The molecule has 0 bridgehead atoms. The van der Waals surface area contributed by atoms with Gasteiger partial charge in [0, 0.05) is 23.8 Å². The van der Waals surface area contributed by atoms with E-state index in [4.69, 9.17) is 0 Å². The van der Waals surface area contributed by atoms with Crippen LogP contribution in [0.3, 0.4) is 0 Å². The van der Waals surface area contributed by atoms with Crippen LogP contribution in [0, 0.1) is 11.6 Å². The zero-order chi connectivity index (χ0) is 20.3. The van der Waals surface area contributed by atoms with Crippen LogP contribution < -0.4 is 10.6 Å². The Labute approximate surface area is 169 Å². The predicted octanol–water partition coefficient (Wildman–Crippen LogP) is 4.35. The van der Waals surface area contributed by atoms with E-state index in [2.05, 4.69) is 20.6 Å². The largest absolute Gasteiger partial charge is 0.433 e. The van der Waals surface area contributed by atoms with Crippen molar-refractivity contribution in [3.63, 3.8) is 0 Å². The molecule has 1 aromatic heterocycles. The number of rotatable bonds is 4. The highest BCUT2D eigenvalue weighted by atomic mass is 35.5. The average Bonchev–Trinajstić information content (AvgIpc) is 2.65. The molecule has 1 fully saturated rings. The Kier molecular flexibility index (Phi) is 7.34. The molecule has 1 saturated carbocycles. The summed E-state index contributed by atoms with van der Waals surface area (Å²) in [5, 5.41) is 5.65. The first-order valence-electron chi connectivity index (χ1n) is 8.65. The van der Waals surface area contributed by atoms with Gasteiger partial charge < -0.3 is 10.6 Å². The number of halogens is 6. The molecule has 1 aliphatic carbocycles. The van der Waals surface area contributed by atoms with Crippen molar-refractivity contribution < 1.29 is 26.7 Å². The first kappa shape index (κ1) is 22.8. The summed E-state index contributed by atoms with van der Waals surface area (Å²) in [5.74, 6) is -2.72. The van der Waals surface area contributed by atoms with E-state index in [0.717, 1.165) is 24.4 Å². The lowest BCUT2D eigenvalue weighted by molar-refractivity contribution is -0.141. The van der Waals surface area contributed by atoms with Crippen LogP contribution in [-0.2, 0) is 6.18 Å². The third kappa shape index (κ3) is 5.99. The van der Waals surface area contributed by atoms with Crippen molar-refractivity contribution >= 4 is 24.3 Å². The Morgan fingerprint density at radius 1 is 1.00 bits per heavy atom. The number of nitrogens with zero attached hydrogens (tertiary/aromatic N) is 2. The molecule has 158 valence electrons. The number of hydrogen-bond donors (Lipinski definition) is 2. The fraction of sp³-hybridized carbons (Fsp3) is 0.389. The summed E-state index contributed by atoms with van der Waals surface area (Å²) < 4.78 is 64.3. The maximum atomic E-state index is 13.2. The van der Waals surface area contributed by atoms with Crippen molar-refractivity contribution in [3.05, 3.63) is 53.4 Å². The molecule has 0 aliphatic heterocycles. The van der Waals surface area contributed by atoms with Gasteiger partial charge in [0.1, 0.15) is 5.69 Å². The van der Waals surface area contributed by atoms with Gasteiger partial charge >= 0.3 is 6.18 Å². The zero-order valence-corrected chi connectivity index (χ0v) is 15.8. The number of amides is 1. The van der Waals surface area contributed by atoms with Crippen molar-refractivity contribution in [2.45, 2.75) is 43.9 Å². The molecule has 5 nitrogen and oxygen atoms in total. The maximum Gasteiger partial charge on any atom is 0.433 e. The minimum Gasteiger partial charge on any atom is -0.351 e. The van der Waals surface area contributed by atoms with Crippen molar-refractivity contribution in [1.82, 2.24) is 15.3 Å². The summed E-state index contributed by atoms with van der Waals surface area (Å²) >= 11 is 0. The van der Waals surface area contributed by atoms with Gasteiger partial charge in [0.25, 0.3) is 5.91 Å². The molecule has 1 amide bonds. The van der Waals surface area contributed by atoms with E-state index in [1.807, 2.05) is 0 Å². The summed E-state index contributed by atoms with van der Waals surface area (Å²) in [6.45, 7) is 0. The van der Waals surface area contributed by atoms with Crippen LogP contribution in [-0.4, -0.2) is 28.0 Å². The Bertz CT molecular complexity index is 856. The minimum atomic E-state index is -4.54. The van der Waals surface area contributed by atoms with Crippen LogP contribution >= 0.6 is 12.4 Å². The van der Waals surface area contributed by atoms with Crippen LogP contribution in [0.5, 0.6) is 0 Å². The standard InChI is InChI=1S/C18H17F5N4O.ClH/c19-13-6-1-10(9-14(13)20)16(28)25-11-2-4-12(5-3-11)26-17-24-8-7-15(27-17)18(21,22)23;/h1,6-9,11-12H,2-5H2,(H,25,28)(H,24,26,27);1H. The lowest BCUT2D eigenvalue weighted by atomic mass is 9.91. The Morgan fingerprint density at radius 3 is 2.28 bits per heavy atom. The highest BCUT2D eigenvalue weighted by Gasteiger charge is 2.33. The predicted molar refractivity (Wildman–Crippen MR) is 97.8 cm³/mol. The number of anilines is 1. The second-order valence-electron chi connectivity index (χ2n) is 6.56. The number of aromatic nitrogens is 2. The molecule has 2 N–H and O–H groups in total. The molecule has 3 rings (SSSR count). The number of hydrogen-bond acceptors (Lipinski definition) is 4. The molecular formula is C18H18ClF5N4O. The first-order chi connectivity index (χ1) is 13.2. The molecule has 1 aromatic carbocycles. The lowest BCUT2D eigenvalue weighted by Crippen LogP contribution is -2.40. The second-order valence-corrected chi connectivity index (χ2v) is 6.56. The number of benzene rings is 1. The third-order valence-corrected chi connectivity index (χ3v) is 4.52. The molecule has 11 heteroatoms. The van der Waals surface area contributed by atoms with E-state index >= 15 is 0 Å². The SMILES string of the molecule is Cl.O=C(NC1CCC(Nc2nccc(C(F)(F)F)n2)CC1)c1ccc(F)c(F)c1. The van der Waals surface area contributed by atoms with E-state index in [-0.39, 0.29) is 36.0 Å². The van der Waals surface area contributed by atoms with Crippen LogP contribution in [0.25, 0.3) is 0 Å². The third-order valence-electron chi connectivity index (χ3n) is 4.52. The van der Waals surface area contributed by atoms with Gasteiger partial charge in [-0.05, 0) is 49.9 Å². The average molecular weight is 437 g/mol. The van der Waals surface area contributed by atoms with E-state index in [0.29, 0.717) is 25.7 Å². The van der Waals surface area contributed by atoms with Gasteiger partial charge in [-0.25, -0.2) is 18.7 Å². The monoisotopic (exact) mass is 436 g/mol. The van der Waals surface area contributed by atoms with E-state index < -0.39 is 29.4 Å². The van der Waals surface area contributed by atoms with Crippen molar-refractivity contribution in [2.24, 2.45) is 0 Å². The molecule has 0 unspecified atom stereocenters. The van der Waals surface area contributed by atoms with Crippen LogP contribution in [0.2, 0.25) is 0 Å². The van der Waals surface area contributed by atoms with Gasteiger partial charge in [0.2, 0.25) is 5.95 Å². The molecule has 0 atom stereocenters. The Hall–Kier alpha value is -2.49. The molecule has 2 aromatic rings. The molecule has 1 aliphatic rings. The molecule has 0 saturated heterocycles. The molecule has 0 spiro atoms. The lowest BCUT2D eigenvalue weighted by Gasteiger charge is -2.29. The van der Waals surface area contributed by atoms with Gasteiger partial charge in [0.05, 0.1) is 0 Å². The van der Waals surface area contributed by atoms with Gasteiger partial charge in [-0.15, -0.1) is 12.4 Å². The smallest absolute Gasteiger partial charge is 0.351 e. The number of carbonyl (C=O) groups excluding carboxylic acids is 1. The fourth-order valence-corrected chi connectivity index (χ4v) is 3.06. The maximum absolute atomic E-state index is 13.2. The minimum absolute atomic E-state index is 0. The fourth-order valence-electron chi connectivity index (χ4n) is 3.06. The highest BCUT2D eigenvalue weighted by molar-refractivity contribution is 5.94. The summed E-state index contributed by atoms with van der Waals surface area (Å²) in [6.07, 6.45) is -1.17. The van der Waals surface area contributed by atoms with E-state index in [9.17, 15) is 26.7 Å². The van der Waals surface area contributed by atoms with E-state index in [1.54, 1.807) is 0 Å². The Morgan fingerprint density at radius 2 is 1.66 bits per heavy atom. The van der Waals surface area contributed by atoms with Gasteiger partial charge in [0.15, 0.2) is 11.6 Å². The topological polar surface area (TPSA) is 66.9 Å². The summed E-state index contributed by atoms with van der Waals surface area (Å²) in [4.78, 5) is 19.4. The van der Waals surface area contributed by atoms with Gasteiger partial charge in [-0.2, -0.15) is 13.2 Å². The quantitative estimate of drug-likeness (QED) is 0.699. The molecule has 29 heavy (non-hydrogen) atoms.